The SMILES string of the molecule is Cc1cc(C)c(OCCCc2nc(C)c(C(=O)O)s2)c(C)c1. The maximum absolute atomic E-state index is 11.0. The van der Waals surface area contributed by atoms with E-state index in [2.05, 4.69) is 37.9 Å². The van der Waals surface area contributed by atoms with Crippen molar-refractivity contribution in [3.8, 4) is 5.75 Å². The van der Waals surface area contributed by atoms with Crippen molar-refractivity contribution >= 4 is 17.3 Å². The number of benzene rings is 1. The predicted molar refractivity (Wildman–Crippen MR) is 88.3 cm³/mol. The van der Waals surface area contributed by atoms with Gasteiger partial charge < -0.3 is 9.84 Å². The fraction of sp³-hybridized carbons (Fsp3) is 0.412. The summed E-state index contributed by atoms with van der Waals surface area (Å²) in [4.78, 5) is 15.6. The summed E-state index contributed by atoms with van der Waals surface area (Å²) < 4.78 is 5.89. The Balaban J connectivity index is 1.90. The van der Waals surface area contributed by atoms with Crippen molar-refractivity contribution < 1.29 is 14.6 Å². The Morgan fingerprint density at radius 3 is 2.41 bits per heavy atom. The van der Waals surface area contributed by atoms with Crippen LogP contribution in [0.2, 0.25) is 0 Å². The molecule has 1 aromatic heterocycles. The van der Waals surface area contributed by atoms with Crippen LogP contribution >= 0.6 is 11.3 Å². The molecule has 1 heterocycles. The first-order valence-corrected chi connectivity index (χ1v) is 8.10. The number of nitrogens with zero attached hydrogens (tertiary/aromatic N) is 1. The summed E-state index contributed by atoms with van der Waals surface area (Å²) in [6.07, 6.45) is 1.56. The number of thiazole rings is 1. The van der Waals surface area contributed by atoms with Gasteiger partial charge in [-0.2, -0.15) is 0 Å². The van der Waals surface area contributed by atoms with Crippen LogP contribution in [0.3, 0.4) is 0 Å². The Kier molecular flexibility index (Phi) is 5.19. The van der Waals surface area contributed by atoms with Crippen LogP contribution in [0.1, 0.15) is 43.5 Å². The van der Waals surface area contributed by atoms with Crippen LogP contribution in [0, 0.1) is 27.7 Å². The molecule has 0 aliphatic heterocycles. The second-order valence-corrected chi connectivity index (χ2v) is 6.59. The number of carboxylic acid groups (broad SMARTS) is 1. The largest absolute Gasteiger partial charge is 0.493 e. The van der Waals surface area contributed by atoms with Crippen molar-refractivity contribution in [2.24, 2.45) is 0 Å². The lowest BCUT2D eigenvalue weighted by molar-refractivity contribution is 0.0701. The van der Waals surface area contributed by atoms with E-state index in [1.165, 1.54) is 16.9 Å². The quantitative estimate of drug-likeness (QED) is 0.815. The normalized spacial score (nSPS) is 10.7. The van der Waals surface area contributed by atoms with Crippen LogP contribution in [-0.2, 0) is 6.42 Å². The number of aromatic carboxylic acids is 1. The molecule has 4 nitrogen and oxygen atoms in total. The fourth-order valence-electron chi connectivity index (χ4n) is 2.55. The van der Waals surface area contributed by atoms with E-state index < -0.39 is 5.97 Å². The molecule has 0 fully saturated rings. The van der Waals surface area contributed by atoms with E-state index in [1.54, 1.807) is 6.92 Å². The number of carboxylic acids is 1. The molecule has 0 radical (unpaired) electrons. The van der Waals surface area contributed by atoms with Gasteiger partial charge in [-0.15, -0.1) is 11.3 Å². The lowest BCUT2D eigenvalue weighted by Gasteiger charge is -2.12. The molecular weight excluding hydrogens is 298 g/mol. The zero-order chi connectivity index (χ0) is 16.3. The molecule has 2 rings (SSSR count). The van der Waals surface area contributed by atoms with Gasteiger partial charge in [0.15, 0.2) is 0 Å². The summed E-state index contributed by atoms with van der Waals surface area (Å²) in [6.45, 7) is 8.52. The Labute approximate surface area is 134 Å². The fourth-order valence-corrected chi connectivity index (χ4v) is 3.49. The van der Waals surface area contributed by atoms with Crippen LogP contribution in [0.4, 0.5) is 0 Å². The number of aryl methyl sites for hydroxylation is 5. The summed E-state index contributed by atoms with van der Waals surface area (Å²) in [5.41, 5.74) is 4.13. The van der Waals surface area contributed by atoms with Crippen molar-refractivity contribution in [2.75, 3.05) is 6.61 Å². The zero-order valence-corrected chi connectivity index (χ0v) is 14.2. The molecule has 0 bridgehead atoms. The molecular formula is C17H21NO3S. The van der Waals surface area contributed by atoms with Gasteiger partial charge in [0.05, 0.1) is 17.3 Å². The molecule has 5 heteroatoms. The number of aromatic nitrogens is 1. The Morgan fingerprint density at radius 1 is 1.23 bits per heavy atom. The summed E-state index contributed by atoms with van der Waals surface area (Å²) in [7, 11) is 0. The molecule has 22 heavy (non-hydrogen) atoms. The summed E-state index contributed by atoms with van der Waals surface area (Å²) >= 11 is 1.26. The monoisotopic (exact) mass is 319 g/mol. The molecule has 0 amide bonds. The summed E-state index contributed by atoms with van der Waals surface area (Å²) in [5.74, 6) is 0.0514. The minimum Gasteiger partial charge on any atom is -0.493 e. The number of ether oxygens (including phenoxy) is 1. The van der Waals surface area contributed by atoms with Crippen LogP contribution in [0.15, 0.2) is 12.1 Å². The van der Waals surface area contributed by atoms with Gasteiger partial charge >= 0.3 is 5.97 Å². The van der Waals surface area contributed by atoms with Crippen LogP contribution in [-0.4, -0.2) is 22.7 Å². The smallest absolute Gasteiger partial charge is 0.347 e. The maximum Gasteiger partial charge on any atom is 0.347 e. The third-order valence-corrected chi connectivity index (χ3v) is 4.63. The first-order valence-electron chi connectivity index (χ1n) is 7.28. The van der Waals surface area contributed by atoms with E-state index in [1.807, 2.05) is 0 Å². The maximum atomic E-state index is 11.0. The third-order valence-electron chi connectivity index (χ3n) is 3.42. The molecule has 118 valence electrons. The third kappa shape index (κ3) is 3.85. The second-order valence-electron chi connectivity index (χ2n) is 5.51. The zero-order valence-electron chi connectivity index (χ0n) is 13.4. The highest BCUT2D eigenvalue weighted by atomic mass is 32.1. The first-order chi connectivity index (χ1) is 10.4. The minimum atomic E-state index is -0.900. The van der Waals surface area contributed by atoms with Crippen molar-refractivity contribution in [2.45, 2.75) is 40.5 Å². The average Bonchev–Trinajstić information content (AvgIpc) is 2.78. The minimum absolute atomic E-state index is 0.334. The second kappa shape index (κ2) is 6.92. The van der Waals surface area contributed by atoms with Gasteiger partial charge in [0.1, 0.15) is 10.6 Å². The number of carbonyl (C=O) groups is 1. The molecule has 0 unspecified atom stereocenters. The highest BCUT2D eigenvalue weighted by Crippen LogP contribution is 2.25. The number of rotatable bonds is 6. The molecule has 2 aromatic rings. The molecule has 0 aliphatic rings. The lowest BCUT2D eigenvalue weighted by Crippen LogP contribution is -2.02. The van der Waals surface area contributed by atoms with E-state index in [9.17, 15) is 4.79 Å². The van der Waals surface area contributed by atoms with Gasteiger partial charge in [-0.25, -0.2) is 9.78 Å². The Morgan fingerprint density at radius 2 is 1.86 bits per heavy atom. The van der Waals surface area contributed by atoms with Crippen LogP contribution in [0.5, 0.6) is 5.75 Å². The highest BCUT2D eigenvalue weighted by molar-refractivity contribution is 7.13. The highest BCUT2D eigenvalue weighted by Gasteiger charge is 2.13. The van der Waals surface area contributed by atoms with Gasteiger partial charge in [-0.05, 0) is 45.2 Å². The van der Waals surface area contributed by atoms with Crippen molar-refractivity contribution in [1.29, 1.82) is 0 Å². The molecule has 0 saturated heterocycles. The molecule has 0 saturated carbocycles. The van der Waals surface area contributed by atoms with Crippen LogP contribution in [0.25, 0.3) is 0 Å². The number of hydrogen-bond acceptors (Lipinski definition) is 4. The van der Waals surface area contributed by atoms with Crippen LogP contribution < -0.4 is 4.74 Å². The molecule has 0 atom stereocenters. The predicted octanol–water partition coefficient (Wildman–Crippen LogP) is 4.09. The van der Waals surface area contributed by atoms with Gasteiger partial charge in [0, 0.05) is 6.42 Å². The van der Waals surface area contributed by atoms with E-state index in [4.69, 9.17) is 9.84 Å². The van der Waals surface area contributed by atoms with Gasteiger partial charge in [0.2, 0.25) is 0 Å². The molecule has 1 aromatic carbocycles. The first kappa shape index (κ1) is 16.5. The van der Waals surface area contributed by atoms with Crippen molar-refractivity contribution in [3.05, 3.63) is 44.4 Å². The topological polar surface area (TPSA) is 59.4 Å². The van der Waals surface area contributed by atoms with E-state index in [0.29, 0.717) is 17.2 Å². The van der Waals surface area contributed by atoms with Crippen molar-refractivity contribution in [3.63, 3.8) is 0 Å². The standard InChI is InChI=1S/C17H21NO3S/c1-10-8-11(2)15(12(3)9-10)21-7-5-6-14-18-13(4)16(22-14)17(19)20/h8-9H,5-7H2,1-4H3,(H,19,20). The molecule has 1 N–H and O–H groups in total. The molecule has 0 spiro atoms. The summed E-state index contributed by atoms with van der Waals surface area (Å²) in [5, 5.41) is 9.89. The van der Waals surface area contributed by atoms with E-state index >= 15 is 0 Å². The van der Waals surface area contributed by atoms with Crippen molar-refractivity contribution in [1.82, 2.24) is 4.98 Å². The Bertz CT molecular complexity index is 668. The van der Waals surface area contributed by atoms with Gasteiger partial charge in [0.25, 0.3) is 0 Å². The van der Waals surface area contributed by atoms with E-state index in [-0.39, 0.29) is 0 Å². The van der Waals surface area contributed by atoms with Gasteiger partial charge in [-0.3, -0.25) is 0 Å². The lowest BCUT2D eigenvalue weighted by atomic mass is 10.1. The average molecular weight is 319 g/mol. The Hall–Kier alpha value is -1.88. The molecule has 0 aliphatic carbocycles. The van der Waals surface area contributed by atoms with Gasteiger partial charge in [-0.1, -0.05) is 17.7 Å². The summed E-state index contributed by atoms with van der Waals surface area (Å²) in [6, 6.07) is 4.23. The number of hydrogen-bond donors (Lipinski definition) is 1. The van der Waals surface area contributed by atoms with E-state index in [0.717, 1.165) is 34.7 Å².